The molecule has 0 heterocycles. The maximum atomic E-state index is 9.73. The molecule has 0 radical (unpaired) electrons. The van der Waals surface area contributed by atoms with Crippen LogP contribution in [-0.2, 0) is 0 Å². The Hall–Kier alpha value is -0.0800. The van der Waals surface area contributed by atoms with Crippen LogP contribution in [0.1, 0.15) is 53.9 Å². The summed E-state index contributed by atoms with van der Waals surface area (Å²) in [6, 6.07) is 0. The van der Waals surface area contributed by atoms with Gasteiger partial charge in [-0.05, 0) is 38.0 Å². The molecule has 0 aromatic rings. The molecule has 0 fully saturated rings. The summed E-state index contributed by atoms with van der Waals surface area (Å²) in [6.45, 7) is 10.2. The summed E-state index contributed by atoms with van der Waals surface area (Å²) < 4.78 is 0. The second-order valence-corrected chi connectivity index (χ2v) is 5.82. The Kier molecular flexibility index (Phi) is 5.10. The van der Waals surface area contributed by atoms with Gasteiger partial charge in [0, 0.05) is 6.61 Å². The number of rotatable bonds is 6. The number of hydrogen-bond acceptors (Lipinski definition) is 2. The number of hydrogen-bond donors (Lipinski definition) is 2. The van der Waals surface area contributed by atoms with E-state index in [9.17, 15) is 10.2 Å². The molecule has 86 valence electrons. The smallest absolute Gasteiger partial charge is 0.0594 e. The van der Waals surface area contributed by atoms with E-state index in [4.69, 9.17) is 0 Å². The summed E-state index contributed by atoms with van der Waals surface area (Å²) in [5.74, 6) is 0.497. The van der Waals surface area contributed by atoms with E-state index in [1.165, 1.54) is 0 Å². The fraction of sp³-hybridized carbons (Fsp3) is 1.00. The Labute approximate surface area is 88.3 Å². The number of aliphatic hydroxyl groups is 2. The Bertz CT molecular complexity index is 156. The van der Waals surface area contributed by atoms with Gasteiger partial charge in [0.2, 0.25) is 0 Å². The molecule has 0 saturated heterocycles. The first-order chi connectivity index (χ1) is 6.20. The first-order valence-electron chi connectivity index (χ1n) is 5.53. The standard InChI is InChI=1S/C12H26O2/c1-6-10(8-12(4,5)14)7-11(2,3)9-13/h10,13-14H,6-9H2,1-5H3. The van der Waals surface area contributed by atoms with E-state index in [1.54, 1.807) is 0 Å². The molecule has 0 bridgehead atoms. The first kappa shape index (κ1) is 13.9. The van der Waals surface area contributed by atoms with Crippen LogP contribution in [0.15, 0.2) is 0 Å². The normalized spacial score (nSPS) is 15.6. The molecule has 0 saturated carbocycles. The maximum Gasteiger partial charge on any atom is 0.0594 e. The zero-order chi connectivity index (χ0) is 11.4. The van der Waals surface area contributed by atoms with Gasteiger partial charge in [-0.15, -0.1) is 0 Å². The summed E-state index contributed by atoms with van der Waals surface area (Å²) in [5.41, 5.74) is -0.613. The lowest BCUT2D eigenvalue weighted by molar-refractivity contribution is 0.0363. The summed E-state index contributed by atoms with van der Waals surface area (Å²) in [6.07, 6.45) is 2.85. The second-order valence-electron chi connectivity index (χ2n) is 5.82. The van der Waals surface area contributed by atoms with Crippen molar-refractivity contribution in [2.45, 2.75) is 59.5 Å². The third-order valence-electron chi connectivity index (χ3n) is 2.63. The van der Waals surface area contributed by atoms with Gasteiger partial charge < -0.3 is 10.2 Å². The van der Waals surface area contributed by atoms with E-state index in [0.29, 0.717) is 5.92 Å². The van der Waals surface area contributed by atoms with Crippen LogP contribution in [0.25, 0.3) is 0 Å². The van der Waals surface area contributed by atoms with Gasteiger partial charge in [0.05, 0.1) is 5.60 Å². The highest BCUT2D eigenvalue weighted by molar-refractivity contribution is 4.77. The molecule has 0 aromatic carbocycles. The predicted octanol–water partition coefficient (Wildman–Crippen LogP) is 2.58. The van der Waals surface area contributed by atoms with E-state index in [1.807, 2.05) is 13.8 Å². The van der Waals surface area contributed by atoms with Crippen LogP contribution < -0.4 is 0 Å². The van der Waals surface area contributed by atoms with Gasteiger partial charge in [0.1, 0.15) is 0 Å². The van der Waals surface area contributed by atoms with E-state index < -0.39 is 5.60 Å². The monoisotopic (exact) mass is 202 g/mol. The van der Waals surface area contributed by atoms with Gasteiger partial charge in [0.15, 0.2) is 0 Å². The summed E-state index contributed by atoms with van der Waals surface area (Å²) in [4.78, 5) is 0. The van der Waals surface area contributed by atoms with E-state index in [-0.39, 0.29) is 12.0 Å². The molecule has 1 unspecified atom stereocenters. The van der Waals surface area contributed by atoms with Crippen LogP contribution in [0.2, 0.25) is 0 Å². The first-order valence-corrected chi connectivity index (χ1v) is 5.53. The molecule has 0 aliphatic rings. The molecular formula is C12H26O2. The molecule has 0 amide bonds. The highest BCUT2D eigenvalue weighted by Crippen LogP contribution is 2.31. The van der Waals surface area contributed by atoms with Crippen LogP contribution in [-0.4, -0.2) is 22.4 Å². The van der Waals surface area contributed by atoms with E-state index >= 15 is 0 Å². The van der Waals surface area contributed by atoms with Gasteiger partial charge in [-0.3, -0.25) is 0 Å². The lowest BCUT2D eigenvalue weighted by atomic mass is 9.78. The van der Waals surface area contributed by atoms with Gasteiger partial charge in [-0.1, -0.05) is 27.2 Å². The quantitative estimate of drug-likeness (QED) is 0.695. The summed E-state index contributed by atoms with van der Waals surface area (Å²) in [7, 11) is 0. The van der Waals surface area contributed by atoms with Crippen molar-refractivity contribution in [3.63, 3.8) is 0 Å². The fourth-order valence-corrected chi connectivity index (χ4v) is 1.91. The second kappa shape index (κ2) is 5.13. The Morgan fingerprint density at radius 3 is 1.86 bits per heavy atom. The largest absolute Gasteiger partial charge is 0.396 e. The molecule has 2 heteroatoms. The van der Waals surface area contributed by atoms with Crippen molar-refractivity contribution >= 4 is 0 Å². The summed E-state index contributed by atoms with van der Waals surface area (Å²) >= 11 is 0. The van der Waals surface area contributed by atoms with Crippen molar-refractivity contribution in [1.29, 1.82) is 0 Å². The SMILES string of the molecule is CCC(CC(C)(C)O)CC(C)(C)CO. The number of aliphatic hydroxyl groups excluding tert-OH is 1. The molecule has 2 nitrogen and oxygen atoms in total. The third kappa shape index (κ3) is 6.39. The van der Waals surface area contributed by atoms with Crippen molar-refractivity contribution in [2.24, 2.45) is 11.3 Å². The van der Waals surface area contributed by atoms with Crippen LogP contribution in [0.3, 0.4) is 0 Å². The fourth-order valence-electron chi connectivity index (χ4n) is 1.91. The molecular weight excluding hydrogens is 176 g/mol. The minimum absolute atomic E-state index is 0.0219. The van der Waals surface area contributed by atoms with E-state index in [2.05, 4.69) is 20.8 Å². The molecule has 1 atom stereocenters. The Morgan fingerprint density at radius 1 is 1.07 bits per heavy atom. The van der Waals surface area contributed by atoms with Crippen molar-refractivity contribution in [3.05, 3.63) is 0 Å². The molecule has 0 rings (SSSR count). The lowest BCUT2D eigenvalue weighted by Crippen LogP contribution is -2.27. The van der Waals surface area contributed by atoms with Crippen LogP contribution >= 0.6 is 0 Å². The maximum absolute atomic E-state index is 9.73. The average Bonchev–Trinajstić information content (AvgIpc) is 2.00. The predicted molar refractivity (Wildman–Crippen MR) is 60.2 cm³/mol. The Morgan fingerprint density at radius 2 is 1.57 bits per heavy atom. The van der Waals surface area contributed by atoms with Crippen LogP contribution in [0.4, 0.5) is 0 Å². The minimum Gasteiger partial charge on any atom is -0.396 e. The van der Waals surface area contributed by atoms with Crippen molar-refractivity contribution < 1.29 is 10.2 Å². The lowest BCUT2D eigenvalue weighted by Gasteiger charge is -2.30. The molecule has 0 aromatic heterocycles. The topological polar surface area (TPSA) is 40.5 Å². The zero-order valence-corrected chi connectivity index (χ0v) is 10.3. The van der Waals surface area contributed by atoms with Crippen molar-refractivity contribution in [2.75, 3.05) is 6.61 Å². The van der Waals surface area contributed by atoms with Gasteiger partial charge in [0.25, 0.3) is 0 Å². The molecule has 14 heavy (non-hydrogen) atoms. The molecule has 0 spiro atoms. The highest BCUT2D eigenvalue weighted by atomic mass is 16.3. The minimum atomic E-state index is -0.591. The van der Waals surface area contributed by atoms with Gasteiger partial charge in [-0.2, -0.15) is 0 Å². The van der Waals surface area contributed by atoms with Gasteiger partial charge in [-0.25, -0.2) is 0 Å². The van der Waals surface area contributed by atoms with E-state index in [0.717, 1.165) is 19.3 Å². The molecule has 0 aliphatic heterocycles. The average molecular weight is 202 g/mol. The zero-order valence-electron chi connectivity index (χ0n) is 10.3. The molecule has 2 N–H and O–H groups in total. The van der Waals surface area contributed by atoms with Crippen molar-refractivity contribution in [1.82, 2.24) is 0 Å². The van der Waals surface area contributed by atoms with Crippen LogP contribution in [0.5, 0.6) is 0 Å². The van der Waals surface area contributed by atoms with Crippen molar-refractivity contribution in [3.8, 4) is 0 Å². The third-order valence-corrected chi connectivity index (χ3v) is 2.63. The highest BCUT2D eigenvalue weighted by Gasteiger charge is 2.25. The Balaban J connectivity index is 4.17. The van der Waals surface area contributed by atoms with Crippen LogP contribution in [0, 0.1) is 11.3 Å². The summed E-state index contributed by atoms with van der Waals surface area (Å²) in [5, 5.41) is 18.9. The van der Waals surface area contributed by atoms with Gasteiger partial charge >= 0.3 is 0 Å². The molecule has 0 aliphatic carbocycles.